The Morgan fingerprint density at radius 2 is 1.83 bits per heavy atom. The first kappa shape index (κ1) is 24.2. The molecule has 0 unspecified atom stereocenters. The van der Waals surface area contributed by atoms with E-state index < -0.39 is 17.6 Å². The average Bonchev–Trinajstić information content (AvgIpc) is 3.34. The fourth-order valence-electron chi connectivity index (χ4n) is 3.17. The molecule has 1 N–H and O–H groups in total. The zero-order valence-corrected chi connectivity index (χ0v) is 19.0. The number of hydrogen-bond donors (Lipinski definition) is 1. The van der Waals surface area contributed by atoms with E-state index in [1.54, 1.807) is 36.4 Å². The maximum atomic E-state index is 13.8. The molecule has 0 spiro atoms. The molecule has 3 aromatic carbocycles. The van der Waals surface area contributed by atoms with Crippen molar-refractivity contribution >= 4 is 22.9 Å². The molecule has 4 aromatic rings. The van der Waals surface area contributed by atoms with Crippen molar-refractivity contribution in [1.29, 1.82) is 0 Å². The van der Waals surface area contributed by atoms with Crippen molar-refractivity contribution in [2.24, 2.45) is 0 Å². The van der Waals surface area contributed by atoms with Crippen LogP contribution in [0.25, 0.3) is 10.6 Å². The van der Waals surface area contributed by atoms with Crippen molar-refractivity contribution in [3.05, 3.63) is 94.7 Å². The summed E-state index contributed by atoms with van der Waals surface area (Å²) >= 11 is 1.19. The summed E-state index contributed by atoms with van der Waals surface area (Å²) < 4.78 is 63.6. The highest BCUT2D eigenvalue weighted by Crippen LogP contribution is 2.35. The number of nitrogens with one attached hydrogen (secondary N) is 1. The number of nitrogens with zero attached hydrogens (tertiary/aromatic N) is 1. The summed E-state index contributed by atoms with van der Waals surface area (Å²) in [5.74, 6) is -0.215. The summed E-state index contributed by atoms with van der Waals surface area (Å²) in [7, 11) is 1.46. The second-order valence-corrected chi connectivity index (χ2v) is 8.17. The van der Waals surface area contributed by atoms with Crippen LogP contribution in [0.2, 0.25) is 0 Å². The van der Waals surface area contributed by atoms with Crippen LogP contribution in [-0.4, -0.2) is 18.0 Å². The third-order valence-electron chi connectivity index (χ3n) is 4.94. The molecule has 1 aromatic heterocycles. The van der Waals surface area contributed by atoms with Gasteiger partial charge in [-0.1, -0.05) is 24.3 Å². The van der Waals surface area contributed by atoms with Gasteiger partial charge in [-0.15, -0.1) is 11.3 Å². The fraction of sp³-hybridized carbons (Fsp3) is 0.120. The van der Waals surface area contributed by atoms with Crippen LogP contribution in [0.5, 0.6) is 11.5 Å². The highest BCUT2D eigenvalue weighted by atomic mass is 32.1. The molecule has 0 saturated heterocycles. The van der Waals surface area contributed by atoms with E-state index in [4.69, 9.17) is 9.47 Å². The Hall–Kier alpha value is -3.92. The lowest BCUT2D eigenvalue weighted by Crippen LogP contribution is -2.13. The molecular weight excluding hydrogens is 484 g/mol. The van der Waals surface area contributed by atoms with Crippen molar-refractivity contribution < 1.29 is 31.8 Å². The van der Waals surface area contributed by atoms with E-state index in [9.17, 15) is 22.4 Å². The Balaban J connectivity index is 1.48. The van der Waals surface area contributed by atoms with E-state index in [-0.39, 0.29) is 23.8 Å². The standard InChI is InChI=1S/C25H18F4N2O3S/c1-33-22-11-15(9-10-21(22)34-13-16-5-2-3-8-19(16)26)24-31-20(14-35-24)23(32)30-18-7-4-6-17(12-18)25(27,28)29/h2-12,14H,13H2,1H3,(H,30,32). The van der Waals surface area contributed by atoms with Gasteiger partial charge in [0, 0.05) is 22.2 Å². The third-order valence-corrected chi connectivity index (χ3v) is 5.83. The van der Waals surface area contributed by atoms with Crippen LogP contribution in [0, 0.1) is 5.82 Å². The smallest absolute Gasteiger partial charge is 0.416 e. The van der Waals surface area contributed by atoms with Crippen LogP contribution in [0.4, 0.5) is 23.2 Å². The van der Waals surface area contributed by atoms with Gasteiger partial charge in [0.25, 0.3) is 5.91 Å². The molecule has 180 valence electrons. The molecule has 10 heteroatoms. The topological polar surface area (TPSA) is 60.5 Å². The fourth-order valence-corrected chi connectivity index (χ4v) is 3.97. The maximum absolute atomic E-state index is 13.8. The Morgan fingerprint density at radius 3 is 2.57 bits per heavy atom. The van der Waals surface area contributed by atoms with Gasteiger partial charge in [-0.3, -0.25) is 4.79 Å². The van der Waals surface area contributed by atoms with E-state index in [2.05, 4.69) is 10.3 Å². The molecular formula is C25H18F4N2O3S. The minimum absolute atomic E-state index is 0.0115. The highest BCUT2D eigenvalue weighted by molar-refractivity contribution is 7.13. The molecule has 35 heavy (non-hydrogen) atoms. The minimum atomic E-state index is -4.52. The Labute approximate surface area is 202 Å². The minimum Gasteiger partial charge on any atom is -0.493 e. The van der Waals surface area contributed by atoms with Gasteiger partial charge in [-0.2, -0.15) is 13.2 Å². The number of rotatable bonds is 7. The number of aromatic nitrogens is 1. The predicted octanol–water partition coefficient (Wildman–Crippen LogP) is 6.81. The van der Waals surface area contributed by atoms with Crippen LogP contribution < -0.4 is 14.8 Å². The maximum Gasteiger partial charge on any atom is 0.416 e. The van der Waals surface area contributed by atoms with Crippen molar-refractivity contribution in [2.45, 2.75) is 12.8 Å². The summed E-state index contributed by atoms with van der Waals surface area (Å²) in [5.41, 5.74) is 0.246. The Bertz CT molecular complexity index is 1350. The van der Waals surface area contributed by atoms with E-state index in [0.717, 1.165) is 12.1 Å². The van der Waals surface area contributed by atoms with Gasteiger partial charge in [-0.25, -0.2) is 9.37 Å². The van der Waals surface area contributed by atoms with Crippen LogP contribution in [0.1, 0.15) is 21.6 Å². The lowest BCUT2D eigenvalue weighted by molar-refractivity contribution is -0.137. The Morgan fingerprint density at radius 1 is 1.03 bits per heavy atom. The quantitative estimate of drug-likeness (QED) is 0.282. The number of halogens is 4. The van der Waals surface area contributed by atoms with Crippen LogP contribution in [0.15, 0.2) is 72.1 Å². The number of benzene rings is 3. The van der Waals surface area contributed by atoms with E-state index in [1.165, 1.54) is 42.0 Å². The number of ether oxygens (including phenoxy) is 2. The predicted molar refractivity (Wildman–Crippen MR) is 124 cm³/mol. The Kier molecular flexibility index (Phi) is 7.02. The molecule has 4 rings (SSSR count). The molecule has 5 nitrogen and oxygen atoms in total. The molecule has 0 saturated carbocycles. The van der Waals surface area contributed by atoms with Crippen molar-refractivity contribution in [2.75, 3.05) is 12.4 Å². The number of amides is 1. The number of carbonyl (C=O) groups excluding carboxylic acids is 1. The monoisotopic (exact) mass is 502 g/mol. The zero-order chi connectivity index (χ0) is 25.0. The van der Waals surface area contributed by atoms with Crippen molar-refractivity contribution in [3.8, 4) is 22.1 Å². The van der Waals surface area contributed by atoms with Crippen LogP contribution >= 0.6 is 11.3 Å². The molecule has 0 aliphatic heterocycles. The number of methoxy groups -OCH3 is 1. The molecule has 0 atom stereocenters. The van der Waals surface area contributed by atoms with Gasteiger partial charge < -0.3 is 14.8 Å². The van der Waals surface area contributed by atoms with Crippen LogP contribution in [-0.2, 0) is 12.8 Å². The van der Waals surface area contributed by atoms with Crippen LogP contribution in [0.3, 0.4) is 0 Å². The first-order chi connectivity index (χ1) is 16.7. The van der Waals surface area contributed by atoms with Gasteiger partial charge in [-0.05, 0) is 42.5 Å². The van der Waals surface area contributed by atoms with Gasteiger partial charge in [0.1, 0.15) is 23.1 Å². The number of thiazole rings is 1. The van der Waals surface area contributed by atoms with Crippen molar-refractivity contribution in [3.63, 3.8) is 0 Å². The second kappa shape index (κ2) is 10.1. The van der Waals surface area contributed by atoms with Gasteiger partial charge in [0.2, 0.25) is 0 Å². The summed E-state index contributed by atoms with van der Waals surface area (Å²) in [6, 6.07) is 15.7. The normalized spacial score (nSPS) is 11.2. The molecule has 0 aliphatic rings. The van der Waals surface area contributed by atoms with E-state index in [0.29, 0.717) is 27.6 Å². The van der Waals surface area contributed by atoms with Gasteiger partial charge in [0.15, 0.2) is 11.5 Å². The first-order valence-electron chi connectivity index (χ1n) is 10.2. The summed E-state index contributed by atoms with van der Waals surface area (Å²) in [6.07, 6.45) is -4.52. The average molecular weight is 502 g/mol. The molecule has 0 bridgehead atoms. The van der Waals surface area contributed by atoms with Gasteiger partial charge in [0.05, 0.1) is 12.7 Å². The van der Waals surface area contributed by atoms with Crippen molar-refractivity contribution in [1.82, 2.24) is 4.98 Å². The number of hydrogen-bond acceptors (Lipinski definition) is 5. The number of anilines is 1. The van der Waals surface area contributed by atoms with Gasteiger partial charge >= 0.3 is 6.18 Å². The summed E-state index contributed by atoms with van der Waals surface area (Å²) in [6.45, 7) is 0.0134. The second-order valence-electron chi connectivity index (χ2n) is 7.32. The largest absolute Gasteiger partial charge is 0.493 e. The molecule has 1 amide bonds. The number of carbonyl (C=O) groups is 1. The molecule has 0 aliphatic carbocycles. The molecule has 0 fully saturated rings. The summed E-state index contributed by atoms with van der Waals surface area (Å²) in [5, 5.41) is 4.44. The molecule has 0 radical (unpaired) electrons. The summed E-state index contributed by atoms with van der Waals surface area (Å²) in [4.78, 5) is 16.8. The molecule has 1 heterocycles. The lowest BCUT2D eigenvalue weighted by Gasteiger charge is -2.12. The third kappa shape index (κ3) is 5.78. The van der Waals surface area contributed by atoms with E-state index in [1.807, 2.05) is 0 Å². The highest BCUT2D eigenvalue weighted by Gasteiger charge is 2.30. The SMILES string of the molecule is COc1cc(-c2nc(C(=O)Nc3cccc(C(F)(F)F)c3)cs2)ccc1OCc1ccccc1F. The van der Waals surface area contributed by atoms with E-state index >= 15 is 0 Å². The lowest BCUT2D eigenvalue weighted by atomic mass is 10.2. The first-order valence-corrected chi connectivity index (χ1v) is 11.1. The number of alkyl halides is 3. The zero-order valence-electron chi connectivity index (χ0n) is 18.2.